The molecule has 1 atom stereocenters. The summed E-state index contributed by atoms with van der Waals surface area (Å²) in [6.45, 7) is 3.95. The summed E-state index contributed by atoms with van der Waals surface area (Å²) in [6.07, 6.45) is 4.71. The van der Waals surface area contributed by atoms with Crippen LogP contribution in [0.5, 0.6) is 0 Å². The average Bonchev–Trinajstić information content (AvgIpc) is 2.85. The molecule has 1 amide bonds. The predicted molar refractivity (Wildman–Crippen MR) is 81.3 cm³/mol. The van der Waals surface area contributed by atoms with Gasteiger partial charge >= 0.3 is 0 Å². The number of hydrogen-bond donors (Lipinski definition) is 2. The molecule has 3 nitrogen and oxygen atoms in total. The number of aryl methyl sites for hydroxylation is 1. The van der Waals surface area contributed by atoms with Gasteiger partial charge in [-0.25, -0.2) is 0 Å². The van der Waals surface area contributed by atoms with Gasteiger partial charge in [0.05, 0.1) is 5.25 Å². The van der Waals surface area contributed by atoms with Crippen molar-refractivity contribution in [3.05, 3.63) is 23.8 Å². The van der Waals surface area contributed by atoms with Gasteiger partial charge in [0.25, 0.3) is 0 Å². The van der Waals surface area contributed by atoms with Crippen LogP contribution in [0.3, 0.4) is 0 Å². The van der Waals surface area contributed by atoms with Gasteiger partial charge in [0.15, 0.2) is 0 Å². The first-order valence-electron chi connectivity index (χ1n) is 6.89. The van der Waals surface area contributed by atoms with Crippen LogP contribution in [0.15, 0.2) is 23.1 Å². The molecule has 1 saturated carbocycles. The van der Waals surface area contributed by atoms with E-state index in [1.165, 1.54) is 24.6 Å². The first-order chi connectivity index (χ1) is 9.06. The van der Waals surface area contributed by atoms with Crippen LogP contribution in [0, 0.1) is 6.92 Å². The van der Waals surface area contributed by atoms with Crippen LogP contribution in [0.1, 0.15) is 38.2 Å². The number of benzene rings is 1. The first kappa shape index (κ1) is 14.3. The minimum atomic E-state index is -0.106. The molecule has 4 heteroatoms. The van der Waals surface area contributed by atoms with Crippen LogP contribution >= 0.6 is 11.8 Å². The molecule has 1 aromatic carbocycles. The highest BCUT2D eigenvalue weighted by Crippen LogP contribution is 2.29. The third-order valence-corrected chi connectivity index (χ3v) is 4.73. The summed E-state index contributed by atoms with van der Waals surface area (Å²) in [6, 6.07) is 6.35. The number of anilines is 1. The number of nitrogens with two attached hydrogens (primary N) is 1. The Labute approximate surface area is 119 Å². The normalized spacial score (nSPS) is 17.4. The van der Waals surface area contributed by atoms with Crippen molar-refractivity contribution >= 4 is 23.4 Å². The Morgan fingerprint density at radius 2 is 2.11 bits per heavy atom. The lowest BCUT2D eigenvalue weighted by atomic mass is 10.2. The Morgan fingerprint density at radius 3 is 2.74 bits per heavy atom. The lowest BCUT2D eigenvalue weighted by Crippen LogP contribution is -2.37. The summed E-state index contributed by atoms with van der Waals surface area (Å²) in [4.78, 5) is 13.1. The molecule has 0 aromatic heterocycles. The molecule has 0 radical (unpaired) electrons. The highest BCUT2D eigenvalue weighted by atomic mass is 32.2. The molecule has 0 spiro atoms. The summed E-state index contributed by atoms with van der Waals surface area (Å²) >= 11 is 1.53. The van der Waals surface area contributed by atoms with Crippen molar-refractivity contribution in [1.29, 1.82) is 0 Å². The molecule has 1 aliphatic carbocycles. The Hall–Kier alpha value is -1.16. The summed E-state index contributed by atoms with van der Waals surface area (Å²) in [7, 11) is 0. The average molecular weight is 278 g/mol. The Balaban J connectivity index is 1.92. The second-order valence-corrected chi connectivity index (χ2v) is 6.67. The first-order valence-corrected chi connectivity index (χ1v) is 7.77. The largest absolute Gasteiger partial charge is 0.398 e. The van der Waals surface area contributed by atoms with E-state index in [-0.39, 0.29) is 11.2 Å². The van der Waals surface area contributed by atoms with Gasteiger partial charge in [-0.05, 0) is 44.4 Å². The molecule has 1 aromatic rings. The molecule has 1 unspecified atom stereocenters. The Morgan fingerprint density at radius 1 is 1.42 bits per heavy atom. The van der Waals surface area contributed by atoms with E-state index in [1.54, 1.807) is 0 Å². The van der Waals surface area contributed by atoms with Gasteiger partial charge in [-0.3, -0.25) is 4.79 Å². The zero-order valence-corrected chi connectivity index (χ0v) is 12.4. The fourth-order valence-electron chi connectivity index (χ4n) is 2.41. The van der Waals surface area contributed by atoms with E-state index < -0.39 is 0 Å². The van der Waals surface area contributed by atoms with E-state index in [4.69, 9.17) is 5.73 Å². The van der Waals surface area contributed by atoms with E-state index in [0.29, 0.717) is 6.04 Å². The molecule has 2 rings (SSSR count). The van der Waals surface area contributed by atoms with Crippen molar-refractivity contribution in [3.8, 4) is 0 Å². The molecular weight excluding hydrogens is 256 g/mol. The zero-order chi connectivity index (χ0) is 13.8. The van der Waals surface area contributed by atoms with E-state index in [9.17, 15) is 4.79 Å². The fraction of sp³-hybridized carbons (Fsp3) is 0.533. The maximum absolute atomic E-state index is 12.1. The fourth-order valence-corrected chi connectivity index (χ4v) is 3.31. The number of rotatable bonds is 4. The zero-order valence-electron chi connectivity index (χ0n) is 11.6. The van der Waals surface area contributed by atoms with E-state index in [2.05, 4.69) is 5.32 Å². The number of nitrogens with one attached hydrogen (secondary N) is 1. The van der Waals surface area contributed by atoms with E-state index in [1.807, 2.05) is 32.0 Å². The van der Waals surface area contributed by atoms with Crippen LogP contribution in [-0.4, -0.2) is 17.2 Å². The van der Waals surface area contributed by atoms with E-state index >= 15 is 0 Å². The number of carbonyl (C=O) groups is 1. The van der Waals surface area contributed by atoms with Gasteiger partial charge in [0.2, 0.25) is 5.91 Å². The standard InChI is InChI=1S/C15H22N2OS/c1-10-7-8-14(13(16)9-10)19-11(2)15(18)17-12-5-3-4-6-12/h7-9,11-12H,3-6,16H2,1-2H3,(H,17,18). The molecule has 3 N–H and O–H groups in total. The van der Waals surface area contributed by atoms with Gasteiger partial charge in [0, 0.05) is 16.6 Å². The summed E-state index contributed by atoms with van der Waals surface area (Å²) in [5, 5.41) is 3.02. The molecule has 1 fully saturated rings. The number of amides is 1. The quantitative estimate of drug-likeness (QED) is 0.657. The highest BCUT2D eigenvalue weighted by molar-refractivity contribution is 8.00. The molecular formula is C15H22N2OS. The van der Waals surface area contributed by atoms with Gasteiger partial charge in [-0.15, -0.1) is 11.8 Å². The van der Waals surface area contributed by atoms with Crippen LogP contribution < -0.4 is 11.1 Å². The van der Waals surface area contributed by atoms with E-state index in [0.717, 1.165) is 29.0 Å². The second-order valence-electron chi connectivity index (χ2n) is 5.29. The molecule has 0 bridgehead atoms. The van der Waals surface area contributed by atoms with Gasteiger partial charge in [-0.2, -0.15) is 0 Å². The number of thioether (sulfide) groups is 1. The SMILES string of the molecule is Cc1ccc(SC(C)C(=O)NC2CCCC2)c(N)c1. The van der Waals surface area contributed by atoms with Crippen molar-refractivity contribution in [1.82, 2.24) is 5.32 Å². The lowest BCUT2D eigenvalue weighted by molar-refractivity contribution is -0.120. The van der Waals surface area contributed by atoms with Crippen LogP contribution in [0.4, 0.5) is 5.69 Å². The monoisotopic (exact) mass is 278 g/mol. The predicted octanol–water partition coefficient (Wildman–Crippen LogP) is 3.12. The molecule has 19 heavy (non-hydrogen) atoms. The highest BCUT2D eigenvalue weighted by Gasteiger charge is 2.21. The van der Waals surface area contributed by atoms with Crippen LogP contribution in [0.25, 0.3) is 0 Å². The van der Waals surface area contributed by atoms with Gasteiger partial charge in [0.1, 0.15) is 0 Å². The smallest absolute Gasteiger partial charge is 0.233 e. The Bertz CT molecular complexity index is 455. The summed E-state index contributed by atoms with van der Waals surface area (Å²) in [5.74, 6) is 0.122. The van der Waals surface area contributed by atoms with Gasteiger partial charge in [-0.1, -0.05) is 18.9 Å². The lowest BCUT2D eigenvalue weighted by Gasteiger charge is -2.17. The molecule has 0 aliphatic heterocycles. The van der Waals surface area contributed by atoms with Crippen molar-refractivity contribution < 1.29 is 4.79 Å². The number of hydrogen-bond acceptors (Lipinski definition) is 3. The molecule has 0 saturated heterocycles. The third kappa shape index (κ3) is 3.90. The minimum absolute atomic E-state index is 0.106. The second kappa shape index (κ2) is 6.33. The number of carbonyl (C=O) groups excluding carboxylic acids is 1. The minimum Gasteiger partial charge on any atom is -0.398 e. The summed E-state index contributed by atoms with van der Waals surface area (Å²) < 4.78 is 0. The molecule has 104 valence electrons. The molecule has 0 heterocycles. The van der Waals surface area contributed by atoms with Crippen molar-refractivity contribution in [3.63, 3.8) is 0 Å². The van der Waals surface area contributed by atoms with Crippen LogP contribution in [-0.2, 0) is 4.79 Å². The maximum atomic E-state index is 12.1. The van der Waals surface area contributed by atoms with Crippen molar-refractivity contribution in [2.24, 2.45) is 0 Å². The summed E-state index contributed by atoms with van der Waals surface area (Å²) in [5.41, 5.74) is 7.88. The van der Waals surface area contributed by atoms with Gasteiger partial charge < -0.3 is 11.1 Å². The van der Waals surface area contributed by atoms with Crippen LogP contribution in [0.2, 0.25) is 0 Å². The van der Waals surface area contributed by atoms with Crippen molar-refractivity contribution in [2.75, 3.05) is 5.73 Å². The van der Waals surface area contributed by atoms with Crippen molar-refractivity contribution in [2.45, 2.75) is 55.7 Å². The topological polar surface area (TPSA) is 55.1 Å². The third-order valence-electron chi connectivity index (χ3n) is 3.54. The number of nitrogen functional groups attached to an aromatic ring is 1. The maximum Gasteiger partial charge on any atom is 0.233 e. The Kier molecular flexibility index (Phi) is 4.75. The molecule has 1 aliphatic rings.